The molecule has 0 saturated heterocycles. The van der Waals surface area contributed by atoms with Gasteiger partial charge >= 0.3 is 0 Å². The quantitative estimate of drug-likeness (QED) is 0.177. The summed E-state index contributed by atoms with van der Waals surface area (Å²) < 4.78 is 6.18. The third kappa shape index (κ3) is 5.10. The third-order valence-electron chi connectivity index (χ3n) is 11.8. The van der Waals surface area contributed by atoms with Crippen LogP contribution in [0.2, 0.25) is 0 Å². The Labute approximate surface area is 320 Å². The predicted molar refractivity (Wildman–Crippen MR) is 232 cm³/mol. The lowest BCUT2D eigenvalue weighted by Crippen LogP contribution is -2.16. The number of hydrogen-bond acceptors (Lipinski definition) is 2. The van der Waals surface area contributed by atoms with Crippen molar-refractivity contribution < 1.29 is 4.42 Å². The lowest BCUT2D eigenvalue weighted by Gasteiger charge is -2.28. The second-order valence-corrected chi connectivity index (χ2v) is 15.4. The summed E-state index contributed by atoms with van der Waals surface area (Å²) in [5, 5.41) is 7.19. The van der Waals surface area contributed by atoms with Gasteiger partial charge in [-0.05, 0) is 133 Å². The van der Waals surface area contributed by atoms with Gasteiger partial charge in [-0.15, -0.1) is 0 Å². The highest BCUT2D eigenvalue weighted by Crippen LogP contribution is 2.50. The Balaban J connectivity index is 0.995. The van der Waals surface area contributed by atoms with Crippen LogP contribution in [0.4, 0.5) is 17.1 Å². The van der Waals surface area contributed by atoms with Crippen molar-refractivity contribution in [2.24, 2.45) is 0 Å². The van der Waals surface area contributed by atoms with Crippen LogP contribution < -0.4 is 4.90 Å². The lowest BCUT2D eigenvalue weighted by atomic mass is 9.82. The molecule has 0 unspecified atom stereocenters. The van der Waals surface area contributed by atoms with Crippen molar-refractivity contribution in [2.75, 3.05) is 4.90 Å². The largest absolute Gasteiger partial charge is 0.456 e. The Bertz CT molecular complexity index is 3110. The summed E-state index contributed by atoms with van der Waals surface area (Å²) >= 11 is 0. The number of fused-ring (bicyclic) bond motifs is 8. The number of para-hydroxylation sites is 1. The molecule has 0 fully saturated rings. The van der Waals surface area contributed by atoms with Crippen LogP contribution in [-0.4, -0.2) is 0 Å². The smallest absolute Gasteiger partial charge is 0.136 e. The lowest BCUT2D eigenvalue weighted by molar-refractivity contribution is 0.660. The minimum absolute atomic E-state index is 0.0954. The first kappa shape index (κ1) is 31.6. The van der Waals surface area contributed by atoms with E-state index in [4.69, 9.17) is 4.42 Å². The second-order valence-electron chi connectivity index (χ2n) is 15.4. The van der Waals surface area contributed by atoms with E-state index in [1.807, 2.05) is 12.1 Å². The van der Waals surface area contributed by atoms with Gasteiger partial charge in [-0.25, -0.2) is 0 Å². The van der Waals surface area contributed by atoms with Crippen LogP contribution >= 0.6 is 0 Å². The predicted octanol–water partition coefficient (Wildman–Crippen LogP) is 15.0. The Morgan fingerprint density at radius 3 is 1.69 bits per heavy atom. The SMILES string of the molecule is CC1(C)c2ccccc2-c2ccc(N(c3ccc(-c4ccc5ccccc5c4)cc3)c3ccc(-c4ccc5cc6oc7ccccc7c6cc5c4)cc3)cc21. The minimum Gasteiger partial charge on any atom is -0.456 e. The standard InChI is InChI=1S/C53H37NO/c1-53(2)49-13-7-5-11-45(49)46-28-27-44(33-50(46)53)54(42-23-19-35(20-24-42)38-16-15-34-9-3-4-10-37(34)29-38)43-25-21-36(22-26-43)39-17-18-40-32-52-48(31-41(40)30-39)47-12-6-8-14-51(47)55-52/h3-33H,1-2H3. The summed E-state index contributed by atoms with van der Waals surface area (Å²) in [6.07, 6.45) is 0. The summed E-state index contributed by atoms with van der Waals surface area (Å²) in [5.74, 6) is 0. The fourth-order valence-corrected chi connectivity index (χ4v) is 8.90. The molecule has 1 aliphatic carbocycles. The van der Waals surface area contributed by atoms with E-state index in [2.05, 4.69) is 195 Å². The van der Waals surface area contributed by atoms with Gasteiger partial charge in [0.2, 0.25) is 0 Å². The normalized spacial score (nSPS) is 13.1. The zero-order valence-electron chi connectivity index (χ0n) is 30.8. The van der Waals surface area contributed by atoms with Crippen molar-refractivity contribution in [3.8, 4) is 33.4 Å². The number of anilines is 3. The molecule has 1 aromatic heterocycles. The summed E-state index contributed by atoms with van der Waals surface area (Å²) in [4.78, 5) is 2.40. The fraction of sp³-hybridized carbons (Fsp3) is 0.0566. The Hall–Kier alpha value is -6.90. The van der Waals surface area contributed by atoms with Crippen LogP contribution in [0.1, 0.15) is 25.0 Å². The van der Waals surface area contributed by atoms with Crippen molar-refractivity contribution in [1.82, 2.24) is 0 Å². The van der Waals surface area contributed by atoms with Crippen LogP contribution in [0, 0.1) is 0 Å². The van der Waals surface area contributed by atoms with E-state index in [0.717, 1.165) is 39.0 Å². The molecule has 260 valence electrons. The molecule has 0 spiro atoms. The maximum Gasteiger partial charge on any atom is 0.136 e. The van der Waals surface area contributed by atoms with Gasteiger partial charge in [0.25, 0.3) is 0 Å². The van der Waals surface area contributed by atoms with Crippen molar-refractivity contribution in [3.05, 3.63) is 199 Å². The molecule has 2 nitrogen and oxygen atoms in total. The molecule has 0 radical (unpaired) electrons. The molecule has 0 amide bonds. The number of nitrogens with zero attached hydrogens (tertiary/aromatic N) is 1. The van der Waals surface area contributed by atoms with E-state index < -0.39 is 0 Å². The number of rotatable bonds is 5. The number of hydrogen-bond donors (Lipinski definition) is 0. The molecule has 1 aliphatic rings. The monoisotopic (exact) mass is 703 g/mol. The maximum atomic E-state index is 6.18. The highest BCUT2D eigenvalue weighted by molar-refractivity contribution is 6.10. The van der Waals surface area contributed by atoms with Gasteiger partial charge in [0.05, 0.1) is 0 Å². The van der Waals surface area contributed by atoms with E-state index >= 15 is 0 Å². The first-order valence-electron chi connectivity index (χ1n) is 19.1. The molecule has 0 aliphatic heterocycles. The molecular weight excluding hydrogens is 667 g/mol. The molecule has 2 heteroatoms. The van der Waals surface area contributed by atoms with Gasteiger partial charge in [-0.3, -0.25) is 0 Å². The molecule has 0 saturated carbocycles. The van der Waals surface area contributed by atoms with Gasteiger partial charge in [-0.2, -0.15) is 0 Å². The van der Waals surface area contributed by atoms with Crippen LogP contribution in [0.5, 0.6) is 0 Å². The van der Waals surface area contributed by atoms with Crippen molar-refractivity contribution in [2.45, 2.75) is 19.3 Å². The molecule has 1 heterocycles. The summed E-state index contributed by atoms with van der Waals surface area (Å²) in [6.45, 7) is 4.70. The maximum absolute atomic E-state index is 6.18. The van der Waals surface area contributed by atoms with Gasteiger partial charge in [-0.1, -0.05) is 135 Å². The van der Waals surface area contributed by atoms with Crippen LogP contribution in [0.15, 0.2) is 192 Å². The molecule has 11 rings (SSSR count). The van der Waals surface area contributed by atoms with E-state index in [1.54, 1.807) is 0 Å². The summed E-state index contributed by atoms with van der Waals surface area (Å²) in [7, 11) is 0. The van der Waals surface area contributed by atoms with Gasteiger partial charge in [0, 0.05) is 33.2 Å². The van der Waals surface area contributed by atoms with E-state index in [1.165, 1.54) is 66.1 Å². The number of benzene rings is 9. The number of furan rings is 1. The molecular formula is C53H37NO. The average molecular weight is 704 g/mol. The Morgan fingerprint density at radius 1 is 0.364 bits per heavy atom. The minimum atomic E-state index is -0.0954. The molecule has 0 N–H and O–H groups in total. The van der Waals surface area contributed by atoms with E-state index in [9.17, 15) is 0 Å². The first-order chi connectivity index (χ1) is 27.0. The highest BCUT2D eigenvalue weighted by Gasteiger charge is 2.35. The first-order valence-corrected chi connectivity index (χ1v) is 19.1. The highest BCUT2D eigenvalue weighted by atomic mass is 16.3. The molecule has 10 aromatic rings. The molecule has 0 bridgehead atoms. The van der Waals surface area contributed by atoms with Gasteiger partial charge in [0.15, 0.2) is 0 Å². The summed E-state index contributed by atoms with van der Waals surface area (Å²) in [6, 6.07) is 68.6. The topological polar surface area (TPSA) is 16.4 Å². The molecule has 55 heavy (non-hydrogen) atoms. The second kappa shape index (κ2) is 12.1. The third-order valence-corrected chi connectivity index (χ3v) is 11.8. The Morgan fingerprint density at radius 2 is 0.927 bits per heavy atom. The average Bonchev–Trinajstić information content (AvgIpc) is 3.71. The zero-order chi connectivity index (χ0) is 36.7. The van der Waals surface area contributed by atoms with Crippen molar-refractivity contribution >= 4 is 60.5 Å². The van der Waals surface area contributed by atoms with Crippen LogP contribution in [0.25, 0.3) is 76.9 Å². The van der Waals surface area contributed by atoms with Gasteiger partial charge < -0.3 is 9.32 Å². The van der Waals surface area contributed by atoms with E-state index in [-0.39, 0.29) is 5.41 Å². The molecule has 0 atom stereocenters. The van der Waals surface area contributed by atoms with E-state index in [0.29, 0.717) is 0 Å². The fourth-order valence-electron chi connectivity index (χ4n) is 8.90. The van der Waals surface area contributed by atoms with Crippen molar-refractivity contribution in [3.63, 3.8) is 0 Å². The molecule has 9 aromatic carbocycles. The Kier molecular flexibility index (Phi) is 6.93. The zero-order valence-corrected chi connectivity index (χ0v) is 30.8. The van der Waals surface area contributed by atoms with Crippen LogP contribution in [-0.2, 0) is 5.41 Å². The van der Waals surface area contributed by atoms with Crippen molar-refractivity contribution in [1.29, 1.82) is 0 Å². The summed E-state index contributed by atoms with van der Waals surface area (Å²) in [5.41, 5.74) is 15.3. The van der Waals surface area contributed by atoms with Gasteiger partial charge in [0.1, 0.15) is 11.2 Å². The van der Waals surface area contributed by atoms with Crippen LogP contribution in [0.3, 0.4) is 0 Å².